The predicted molar refractivity (Wildman–Crippen MR) is 114 cm³/mol. The number of nitrogens with one attached hydrogen (secondary N) is 1. The van der Waals surface area contributed by atoms with Crippen molar-refractivity contribution in [3.05, 3.63) is 65.2 Å². The number of ether oxygens (including phenoxy) is 1. The lowest BCUT2D eigenvalue weighted by molar-refractivity contribution is 0.147. The molecule has 1 heterocycles. The summed E-state index contributed by atoms with van der Waals surface area (Å²) in [6.07, 6.45) is 0.337. The van der Waals surface area contributed by atoms with Crippen LogP contribution in [-0.2, 0) is 27.8 Å². The van der Waals surface area contributed by atoms with Crippen LogP contribution in [0.1, 0.15) is 50.4 Å². The maximum Gasteiger partial charge on any atom is 0.414 e. The third-order valence-electron chi connectivity index (χ3n) is 5.06. The van der Waals surface area contributed by atoms with Crippen LogP contribution in [0.2, 0.25) is 0 Å². The fourth-order valence-corrected chi connectivity index (χ4v) is 4.11. The molecule has 0 aromatic heterocycles. The standard InChI is InChI=1S/C22H28N2O4S/c1-16(23-29(26,27)22(2,3)4)18-10-11-20-19(14-18)12-13-24(20)21(25)28-15-17-8-6-5-7-9-17/h5-11,14,16,23H,12-13,15H2,1-4H3/t16-/m1/s1. The molecule has 1 aliphatic heterocycles. The summed E-state index contributed by atoms with van der Waals surface area (Å²) < 4.78 is 32.1. The van der Waals surface area contributed by atoms with Gasteiger partial charge in [0, 0.05) is 12.6 Å². The highest BCUT2D eigenvalue weighted by atomic mass is 32.2. The maximum atomic E-state index is 12.5. The second kappa shape index (κ2) is 8.16. The van der Waals surface area contributed by atoms with Crippen LogP contribution in [0, 0.1) is 0 Å². The quantitative estimate of drug-likeness (QED) is 0.794. The summed E-state index contributed by atoms with van der Waals surface area (Å²) in [6.45, 7) is 7.62. The Bertz CT molecular complexity index is 982. The molecule has 0 unspecified atom stereocenters. The Morgan fingerprint density at radius 1 is 1.17 bits per heavy atom. The topological polar surface area (TPSA) is 75.7 Å². The molecule has 1 atom stereocenters. The van der Waals surface area contributed by atoms with E-state index in [0.29, 0.717) is 13.0 Å². The molecule has 6 nitrogen and oxygen atoms in total. The largest absolute Gasteiger partial charge is 0.444 e. The smallest absolute Gasteiger partial charge is 0.414 e. The molecule has 2 aromatic rings. The van der Waals surface area contributed by atoms with Crippen molar-refractivity contribution >= 4 is 21.8 Å². The first-order valence-corrected chi connectivity index (χ1v) is 11.2. The van der Waals surface area contributed by atoms with Gasteiger partial charge >= 0.3 is 6.09 Å². The fraction of sp³-hybridized carbons (Fsp3) is 0.409. The molecule has 0 saturated carbocycles. The lowest BCUT2D eigenvalue weighted by Gasteiger charge is -2.24. The molecule has 1 amide bonds. The average Bonchev–Trinajstić information content (AvgIpc) is 3.09. The summed E-state index contributed by atoms with van der Waals surface area (Å²) in [5, 5.41) is 0. The lowest BCUT2D eigenvalue weighted by Crippen LogP contribution is -2.40. The molecular formula is C22H28N2O4S. The monoisotopic (exact) mass is 416 g/mol. The van der Waals surface area contributed by atoms with Gasteiger partial charge in [-0.15, -0.1) is 0 Å². The Hall–Kier alpha value is -2.38. The van der Waals surface area contributed by atoms with Gasteiger partial charge < -0.3 is 4.74 Å². The Morgan fingerprint density at radius 3 is 2.52 bits per heavy atom. The van der Waals surface area contributed by atoms with Crippen molar-refractivity contribution in [2.75, 3.05) is 11.4 Å². The molecule has 0 radical (unpaired) electrons. The van der Waals surface area contributed by atoms with E-state index in [0.717, 1.165) is 22.4 Å². The van der Waals surface area contributed by atoms with Crippen LogP contribution >= 0.6 is 0 Å². The first-order valence-electron chi connectivity index (χ1n) is 9.71. The van der Waals surface area contributed by atoms with Gasteiger partial charge in [0.05, 0.1) is 10.4 Å². The summed E-state index contributed by atoms with van der Waals surface area (Å²) in [6, 6.07) is 14.9. The molecule has 29 heavy (non-hydrogen) atoms. The molecule has 7 heteroatoms. The molecule has 3 rings (SSSR count). The first kappa shape index (κ1) is 21.3. The molecule has 0 fully saturated rings. The van der Waals surface area contributed by atoms with Gasteiger partial charge in [-0.2, -0.15) is 0 Å². The number of nitrogens with zero attached hydrogens (tertiary/aromatic N) is 1. The van der Waals surface area contributed by atoms with E-state index in [9.17, 15) is 13.2 Å². The van der Waals surface area contributed by atoms with Crippen LogP contribution in [-0.4, -0.2) is 25.8 Å². The predicted octanol–water partition coefficient (Wildman–Crippen LogP) is 4.16. The van der Waals surface area contributed by atoms with Crippen LogP contribution in [0.15, 0.2) is 48.5 Å². The fourth-order valence-electron chi connectivity index (χ4n) is 3.16. The number of hydrogen-bond acceptors (Lipinski definition) is 4. The van der Waals surface area contributed by atoms with Crippen molar-refractivity contribution < 1.29 is 17.9 Å². The van der Waals surface area contributed by atoms with Crippen molar-refractivity contribution in [3.8, 4) is 0 Å². The second-order valence-corrected chi connectivity index (χ2v) is 10.8. The molecule has 156 valence electrons. The number of amides is 1. The molecule has 1 aliphatic rings. The van der Waals surface area contributed by atoms with Gasteiger partial charge in [0.25, 0.3) is 0 Å². The SMILES string of the molecule is C[C@@H](NS(=O)(=O)C(C)(C)C)c1ccc2c(c1)CCN2C(=O)OCc1ccccc1. The highest BCUT2D eigenvalue weighted by Crippen LogP contribution is 2.31. The third-order valence-corrected chi connectivity index (χ3v) is 7.34. The molecule has 0 bridgehead atoms. The summed E-state index contributed by atoms with van der Waals surface area (Å²) in [7, 11) is -3.45. The van der Waals surface area contributed by atoms with Crippen LogP contribution in [0.3, 0.4) is 0 Å². The number of rotatable bonds is 5. The van der Waals surface area contributed by atoms with Gasteiger partial charge in [0.2, 0.25) is 10.0 Å². The summed E-state index contributed by atoms with van der Waals surface area (Å²) in [5.41, 5.74) is 3.64. The van der Waals surface area contributed by atoms with E-state index in [-0.39, 0.29) is 18.7 Å². The summed E-state index contributed by atoms with van der Waals surface area (Å²) in [4.78, 5) is 14.1. The van der Waals surface area contributed by atoms with Crippen molar-refractivity contribution in [1.29, 1.82) is 0 Å². The Morgan fingerprint density at radius 2 is 1.86 bits per heavy atom. The van der Waals surface area contributed by atoms with E-state index < -0.39 is 14.8 Å². The zero-order valence-electron chi connectivity index (χ0n) is 17.3. The Balaban J connectivity index is 1.69. The van der Waals surface area contributed by atoms with Crippen molar-refractivity contribution in [2.24, 2.45) is 0 Å². The Labute approximate surface area is 172 Å². The average molecular weight is 417 g/mol. The van der Waals surface area contributed by atoms with E-state index >= 15 is 0 Å². The zero-order valence-corrected chi connectivity index (χ0v) is 18.1. The number of carbonyl (C=O) groups excluding carboxylic acids is 1. The number of sulfonamides is 1. The number of hydrogen-bond donors (Lipinski definition) is 1. The van der Waals surface area contributed by atoms with E-state index in [4.69, 9.17) is 4.74 Å². The summed E-state index contributed by atoms with van der Waals surface area (Å²) >= 11 is 0. The molecular weight excluding hydrogens is 388 g/mol. The first-order chi connectivity index (χ1) is 13.6. The molecule has 0 saturated heterocycles. The van der Waals surface area contributed by atoms with E-state index in [1.54, 1.807) is 25.7 Å². The van der Waals surface area contributed by atoms with E-state index in [2.05, 4.69) is 4.72 Å². The lowest BCUT2D eigenvalue weighted by atomic mass is 10.0. The summed E-state index contributed by atoms with van der Waals surface area (Å²) in [5.74, 6) is 0. The highest BCUT2D eigenvalue weighted by Gasteiger charge is 2.31. The maximum absolute atomic E-state index is 12.5. The van der Waals surface area contributed by atoms with Gasteiger partial charge in [-0.1, -0.05) is 42.5 Å². The normalized spacial score (nSPS) is 15.1. The minimum atomic E-state index is -3.45. The van der Waals surface area contributed by atoms with Gasteiger partial charge in [-0.05, 0) is 56.9 Å². The van der Waals surface area contributed by atoms with E-state index in [1.807, 2.05) is 55.5 Å². The molecule has 1 N–H and O–H groups in total. The zero-order chi connectivity index (χ0) is 21.2. The molecule has 0 aliphatic carbocycles. The van der Waals surface area contributed by atoms with E-state index in [1.165, 1.54) is 0 Å². The van der Waals surface area contributed by atoms with Crippen LogP contribution in [0.5, 0.6) is 0 Å². The van der Waals surface area contributed by atoms with Gasteiger partial charge in [0.1, 0.15) is 6.61 Å². The van der Waals surface area contributed by atoms with Gasteiger partial charge in [0.15, 0.2) is 0 Å². The molecule has 2 aromatic carbocycles. The number of benzene rings is 2. The van der Waals surface area contributed by atoms with Crippen molar-refractivity contribution in [1.82, 2.24) is 4.72 Å². The van der Waals surface area contributed by atoms with Crippen molar-refractivity contribution in [3.63, 3.8) is 0 Å². The van der Waals surface area contributed by atoms with Crippen LogP contribution in [0.25, 0.3) is 0 Å². The Kier molecular flexibility index (Phi) is 6.00. The number of carbonyl (C=O) groups is 1. The minimum absolute atomic E-state index is 0.231. The number of anilines is 1. The third kappa shape index (κ3) is 4.79. The second-order valence-electron chi connectivity index (χ2n) is 8.29. The highest BCUT2D eigenvalue weighted by molar-refractivity contribution is 7.90. The van der Waals surface area contributed by atoms with Crippen LogP contribution in [0.4, 0.5) is 10.5 Å². The molecule has 0 spiro atoms. The van der Waals surface area contributed by atoms with Crippen molar-refractivity contribution in [2.45, 2.75) is 51.5 Å². The van der Waals surface area contributed by atoms with Crippen LogP contribution < -0.4 is 9.62 Å². The van der Waals surface area contributed by atoms with Gasteiger partial charge in [-0.25, -0.2) is 17.9 Å². The number of fused-ring (bicyclic) bond motifs is 1. The van der Waals surface area contributed by atoms with Gasteiger partial charge in [-0.3, -0.25) is 4.90 Å². The minimum Gasteiger partial charge on any atom is -0.444 e.